The second kappa shape index (κ2) is 8.37. The number of alkyl halides is 3. The van der Waals surface area contributed by atoms with Crippen molar-refractivity contribution in [3.63, 3.8) is 0 Å². The van der Waals surface area contributed by atoms with Gasteiger partial charge in [-0.2, -0.15) is 13.2 Å². The van der Waals surface area contributed by atoms with Crippen molar-refractivity contribution in [3.05, 3.63) is 36.4 Å². The number of para-hydroxylation sites is 1. The van der Waals surface area contributed by atoms with Gasteiger partial charge in [0.1, 0.15) is 5.82 Å². The van der Waals surface area contributed by atoms with Crippen LogP contribution in [-0.4, -0.2) is 43.8 Å². The Morgan fingerprint density at radius 3 is 2.54 bits per heavy atom. The smallest absolute Gasteiger partial charge is 0.368 e. The second-order valence-corrected chi connectivity index (χ2v) is 5.11. The largest absolute Gasteiger partial charge is 0.390 e. The molecular weight excluding hydrogens is 319 g/mol. The van der Waals surface area contributed by atoms with Crippen LogP contribution in [0.3, 0.4) is 0 Å². The maximum Gasteiger partial charge on any atom is 0.390 e. The molecule has 5 nitrogen and oxygen atoms in total. The van der Waals surface area contributed by atoms with E-state index in [0.717, 1.165) is 16.7 Å². The average molecular weight is 339 g/mol. The monoisotopic (exact) mass is 339 g/mol. The van der Waals surface area contributed by atoms with Gasteiger partial charge in [-0.05, 0) is 18.2 Å². The number of nitrogens with zero attached hydrogens (tertiary/aromatic N) is 2. The number of guanidine groups is 1. The average Bonchev–Trinajstić information content (AvgIpc) is 2.55. The Kier molecular flexibility index (Phi) is 6.22. The van der Waals surface area contributed by atoms with E-state index in [1.54, 1.807) is 0 Å². The first-order chi connectivity index (χ1) is 11.5. The third kappa shape index (κ3) is 5.94. The summed E-state index contributed by atoms with van der Waals surface area (Å²) in [5.41, 5.74) is 0.903. The van der Waals surface area contributed by atoms with Crippen LogP contribution >= 0.6 is 0 Å². The van der Waals surface area contributed by atoms with E-state index >= 15 is 0 Å². The van der Waals surface area contributed by atoms with Crippen LogP contribution in [0, 0.1) is 0 Å². The van der Waals surface area contributed by atoms with Gasteiger partial charge in [0.05, 0.1) is 11.9 Å². The molecule has 1 aromatic carbocycles. The standard InChI is InChI=1S/C16H20F3N5/c1-20-15(22-9-8-16(17,18)19)23-11-10-21-14-7-6-12-4-2-3-5-13(12)24-14/h2-7H,8-11H2,1H3,(H,21,24)(H2,20,22,23). The van der Waals surface area contributed by atoms with Gasteiger partial charge < -0.3 is 16.0 Å². The van der Waals surface area contributed by atoms with E-state index in [0.29, 0.717) is 19.0 Å². The van der Waals surface area contributed by atoms with Crippen LogP contribution in [-0.2, 0) is 0 Å². The van der Waals surface area contributed by atoms with Crippen molar-refractivity contribution in [2.45, 2.75) is 12.6 Å². The summed E-state index contributed by atoms with van der Waals surface area (Å²) in [5, 5.41) is 9.79. The van der Waals surface area contributed by atoms with Gasteiger partial charge in [0.2, 0.25) is 0 Å². The Morgan fingerprint density at radius 2 is 1.79 bits per heavy atom. The van der Waals surface area contributed by atoms with Crippen LogP contribution in [0.4, 0.5) is 19.0 Å². The lowest BCUT2D eigenvalue weighted by molar-refractivity contribution is -0.132. The van der Waals surface area contributed by atoms with Gasteiger partial charge in [0, 0.05) is 32.1 Å². The van der Waals surface area contributed by atoms with Crippen LogP contribution in [0.15, 0.2) is 41.4 Å². The molecule has 0 aliphatic heterocycles. The fourth-order valence-electron chi connectivity index (χ4n) is 2.08. The van der Waals surface area contributed by atoms with Crippen LogP contribution in [0.1, 0.15) is 6.42 Å². The van der Waals surface area contributed by atoms with Crippen molar-refractivity contribution >= 4 is 22.7 Å². The predicted molar refractivity (Wildman–Crippen MR) is 90.3 cm³/mol. The minimum absolute atomic E-state index is 0.206. The zero-order valence-electron chi connectivity index (χ0n) is 13.3. The Hall–Kier alpha value is -2.51. The van der Waals surface area contributed by atoms with Crippen LogP contribution < -0.4 is 16.0 Å². The third-order valence-electron chi connectivity index (χ3n) is 3.25. The van der Waals surface area contributed by atoms with Crippen LogP contribution in [0.25, 0.3) is 10.9 Å². The molecule has 0 aliphatic carbocycles. The summed E-state index contributed by atoms with van der Waals surface area (Å²) in [5.74, 6) is 1.09. The van der Waals surface area contributed by atoms with Gasteiger partial charge in [-0.15, -0.1) is 0 Å². The number of hydrogen-bond donors (Lipinski definition) is 3. The fourth-order valence-corrected chi connectivity index (χ4v) is 2.08. The molecule has 0 saturated carbocycles. The molecule has 0 bridgehead atoms. The number of nitrogens with one attached hydrogen (secondary N) is 3. The molecule has 2 aromatic rings. The van der Waals surface area contributed by atoms with E-state index in [1.165, 1.54) is 7.05 Å². The molecule has 130 valence electrons. The Morgan fingerprint density at radius 1 is 1.04 bits per heavy atom. The number of fused-ring (bicyclic) bond motifs is 1. The summed E-state index contributed by atoms with van der Waals surface area (Å²) in [6.07, 6.45) is -5.07. The van der Waals surface area contributed by atoms with E-state index in [9.17, 15) is 13.2 Å². The molecule has 0 fully saturated rings. The van der Waals surface area contributed by atoms with Crippen molar-refractivity contribution < 1.29 is 13.2 Å². The summed E-state index contributed by atoms with van der Waals surface area (Å²) < 4.78 is 36.3. The minimum atomic E-state index is -4.17. The summed E-state index contributed by atoms with van der Waals surface area (Å²) in [6, 6.07) is 11.7. The second-order valence-electron chi connectivity index (χ2n) is 5.11. The van der Waals surface area contributed by atoms with Gasteiger partial charge in [0.25, 0.3) is 0 Å². The van der Waals surface area contributed by atoms with Gasteiger partial charge in [-0.1, -0.05) is 18.2 Å². The number of aromatic nitrogens is 1. The first kappa shape index (κ1) is 17.8. The first-order valence-electron chi connectivity index (χ1n) is 7.59. The molecule has 0 radical (unpaired) electrons. The zero-order chi connectivity index (χ0) is 17.4. The summed E-state index contributed by atoms with van der Waals surface area (Å²) in [6.45, 7) is 0.855. The first-order valence-corrected chi connectivity index (χ1v) is 7.59. The Labute approximate surface area is 138 Å². The number of aliphatic imine (C=N–C) groups is 1. The van der Waals surface area contributed by atoms with Crippen molar-refractivity contribution in [2.24, 2.45) is 4.99 Å². The van der Waals surface area contributed by atoms with Gasteiger partial charge in [0.15, 0.2) is 5.96 Å². The van der Waals surface area contributed by atoms with E-state index in [-0.39, 0.29) is 6.54 Å². The lowest BCUT2D eigenvalue weighted by atomic mass is 10.2. The zero-order valence-corrected chi connectivity index (χ0v) is 13.3. The molecule has 0 atom stereocenters. The summed E-state index contributed by atoms with van der Waals surface area (Å²) in [4.78, 5) is 8.36. The van der Waals surface area contributed by atoms with Crippen LogP contribution in [0.2, 0.25) is 0 Å². The molecule has 1 aromatic heterocycles. The van der Waals surface area contributed by atoms with E-state index in [4.69, 9.17) is 0 Å². The molecular formula is C16H20F3N5. The number of halogens is 3. The van der Waals surface area contributed by atoms with Gasteiger partial charge >= 0.3 is 6.18 Å². The number of hydrogen-bond acceptors (Lipinski definition) is 3. The SMILES string of the molecule is CN=C(NCCNc1ccc2ccccc2n1)NCCC(F)(F)F. The lowest BCUT2D eigenvalue weighted by Gasteiger charge is -2.13. The molecule has 0 unspecified atom stereocenters. The maximum absolute atomic E-state index is 12.1. The predicted octanol–water partition coefficient (Wildman–Crippen LogP) is 2.76. The molecule has 24 heavy (non-hydrogen) atoms. The molecule has 8 heteroatoms. The number of pyridine rings is 1. The highest BCUT2D eigenvalue weighted by Gasteiger charge is 2.26. The Bertz CT molecular complexity index is 685. The van der Waals surface area contributed by atoms with E-state index in [2.05, 4.69) is 25.9 Å². The van der Waals surface area contributed by atoms with Gasteiger partial charge in [-0.3, -0.25) is 4.99 Å². The normalized spacial score (nSPS) is 12.2. The minimum Gasteiger partial charge on any atom is -0.368 e. The van der Waals surface area contributed by atoms with E-state index in [1.807, 2.05) is 36.4 Å². The molecule has 0 amide bonds. The number of anilines is 1. The number of benzene rings is 1. The van der Waals surface area contributed by atoms with Crippen molar-refractivity contribution in [3.8, 4) is 0 Å². The maximum atomic E-state index is 12.1. The Balaban J connectivity index is 1.72. The van der Waals surface area contributed by atoms with Gasteiger partial charge in [-0.25, -0.2) is 4.98 Å². The van der Waals surface area contributed by atoms with Crippen molar-refractivity contribution in [2.75, 3.05) is 32.0 Å². The molecule has 1 heterocycles. The van der Waals surface area contributed by atoms with Crippen molar-refractivity contribution in [1.29, 1.82) is 0 Å². The molecule has 0 saturated heterocycles. The lowest BCUT2D eigenvalue weighted by Crippen LogP contribution is -2.40. The number of rotatable bonds is 6. The fraction of sp³-hybridized carbons (Fsp3) is 0.375. The topological polar surface area (TPSA) is 61.3 Å². The molecule has 0 spiro atoms. The molecule has 3 N–H and O–H groups in total. The van der Waals surface area contributed by atoms with Crippen LogP contribution in [0.5, 0.6) is 0 Å². The van der Waals surface area contributed by atoms with E-state index < -0.39 is 12.6 Å². The summed E-state index contributed by atoms with van der Waals surface area (Å²) >= 11 is 0. The molecule has 0 aliphatic rings. The van der Waals surface area contributed by atoms with Crippen molar-refractivity contribution in [1.82, 2.24) is 15.6 Å². The third-order valence-corrected chi connectivity index (χ3v) is 3.25. The highest BCUT2D eigenvalue weighted by atomic mass is 19.4. The summed E-state index contributed by atoms with van der Waals surface area (Å²) in [7, 11) is 1.52. The highest BCUT2D eigenvalue weighted by molar-refractivity contribution is 5.80. The quantitative estimate of drug-likeness (QED) is 0.430. The highest BCUT2D eigenvalue weighted by Crippen LogP contribution is 2.18. The molecule has 2 rings (SSSR count).